The van der Waals surface area contributed by atoms with Crippen LogP contribution >= 0.6 is 0 Å². The Hall–Kier alpha value is -4.41. The Bertz CT molecular complexity index is 1310. The van der Waals surface area contributed by atoms with Gasteiger partial charge in [-0.05, 0) is 43.3 Å². The molecule has 0 aliphatic rings. The lowest BCUT2D eigenvalue weighted by molar-refractivity contribution is -0.143. The average molecular weight is 469 g/mol. The number of rotatable bonds is 6. The number of esters is 1. The van der Waals surface area contributed by atoms with Crippen molar-refractivity contribution in [3.63, 3.8) is 0 Å². The van der Waals surface area contributed by atoms with Crippen molar-refractivity contribution in [1.82, 2.24) is 19.6 Å². The van der Waals surface area contributed by atoms with Gasteiger partial charge in [0.15, 0.2) is 11.5 Å². The van der Waals surface area contributed by atoms with E-state index in [0.29, 0.717) is 10.5 Å². The SMILES string of the molecule is CCOC(=O)c1cnn(-c2ccc(C(=O)Nc3ccn(-c4ccccc4)n3)cc2)c1C(F)(F)F. The van der Waals surface area contributed by atoms with E-state index in [1.165, 1.54) is 31.2 Å². The van der Waals surface area contributed by atoms with Crippen LogP contribution in [-0.4, -0.2) is 38.0 Å². The Balaban J connectivity index is 1.54. The quantitative estimate of drug-likeness (QED) is 0.420. The number of carbonyl (C=O) groups excluding carboxylic acids is 2. The number of halogens is 3. The van der Waals surface area contributed by atoms with E-state index in [9.17, 15) is 22.8 Å². The molecule has 0 bridgehead atoms. The topological polar surface area (TPSA) is 91.0 Å². The highest BCUT2D eigenvalue weighted by Gasteiger charge is 2.41. The molecule has 0 saturated carbocycles. The Morgan fingerprint density at radius 3 is 2.35 bits per heavy atom. The second kappa shape index (κ2) is 9.22. The van der Waals surface area contributed by atoms with Gasteiger partial charge in [-0.25, -0.2) is 14.2 Å². The lowest BCUT2D eigenvalue weighted by Crippen LogP contribution is -2.18. The molecule has 2 aromatic heterocycles. The third-order valence-electron chi connectivity index (χ3n) is 4.76. The van der Waals surface area contributed by atoms with Crippen molar-refractivity contribution in [2.45, 2.75) is 13.1 Å². The number of alkyl halides is 3. The summed E-state index contributed by atoms with van der Waals surface area (Å²) in [4.78, 5) is 24.5. The lowest BCUT2D eigenvalue weighted by Gasteiger charge is -2.12. The van der Waals surface area contributed by atoms with Crippen molar-refractivity contribution in [2.24, 2.45) is 0 Å². The van der Waals surface area contributed by atoms with Gasteiger partial charge in [0.25, 0.3) is 5.91 Å². The Labute approximate surface area is 191 Å². The van der Waals surface area contributed by atoms with Crippen LogP contribution in [0.25, 0.3) is 11.4 Å². The normalized spacial score (nSPS) is 11.3. The van der Waals surface area contributed by atoms with Gasteiger partial charge < -0.3 is 10.1 Å². The first-order valence-electron chi connectivity index (χ1n) is 10.1. The van der Waals surface area contributed by atoms with E-state index < -0.39 is 29.3 Å². The van der Waals surface area contributed by atoms with Gasteiger partial charge in [0.05, 0.1) is 24.2 Å². The molecule has 2 aromatic carbocycles. The van der Waals surface area contributed by atoms with Gasteiger partial charge >= 0.3 is 12.1 Å². The molecule has 0 fully saturated rings. The van der Waals surface area contributed by atoms with Crippen LogP contribution < -0.4 is 5.32 Å². The summed E-state index contributed by atoms with van der Waals surface area (Å²) in [5, 5.41) is 10.6. The number of para-hydroxylation sites is 1. The van der Waals surface area contributed by atoms with E-state index in [-0.39, 0.29) is 17.9 Å². The third kappa shape index (κ3) is 4.68. The summed E-state index contributed by atoms with van der Waals surface area (Å²) in [5.74, 6) is -1.30. The number of nitrogens with zero attached hydrogens (tertiary/aromatic N) is 4. The number of carbonyl (C=O) groups is 2. The standard InChI is InChI=1S/C23H18F3N5O3/c1-2-34-22(33)18-14-27-31(20(18)23(24,25)26)17-10-8-15(9-11-17)21(32)28-19-12-13-30(29-19)16-6-4-3-5-7-16/h3-14H,2H2,1H3,(H,28,29,32). The molecular weight excluding hydrogens is 451 g/mol. The van der Waals surface area contributed by atoms with Gasteiger partial charge in [0.1, 0.15) is 5.56 Å². The maximum Gasteiger partial charge on any atom is 0.434 e. The first kappa shape index (κ1) is 22.8. The minimum Gasteiger partial charge on any atom is -0.462 e. The molecule has 0 unspecified atom stereocenters. The van der Waals surface area contributed by atoms with Gasteiger partial charge in [-0.3, -0.25) is 4.79 Å². The molecule has 1 amide bonds. The van der Waals surface area contributed by atoms with E-state index in [1.54, 1.807) is 16.9 Å². The van der Waals surface area contributed by atoms with Crippen LogP contribution in [-0.2, 0) is 10.9 Å². The lowest BCUT2D eigenvalue weighted by atomic mass is 10.2. The van der Waals surface area contributed by atoms with Crippen molar-refractivity contribution in [3.05, 3.63) is 89.9 Å². The molecule has 34 heavy (non-hydrogen) atoms. The van der Waals surface area contributed by atoms with E-state index in [1.807, 2.05) is 30.3 Å². The first-order chi connectivity index (χ1) is 16.3. The summed E-state index contributed by atoms with van der Waals surface area (Å²) in [7, 11) is 0. The second-order valence-electron chi connectivity index (χ2n) is 7.02. The zero-order chi connectivity index (χ0) is 24.3. The zero-order valence-electron chi connectivity index (χ0n) is 17.8. The predicted molar refractivity (Wildman–Crippen MR) is 116 cm³/mol. The van der Waals surface area contributed by atoms with Gasteiger partial charge in [-0.2, -0.15) is 23.4 Å². The van der Waals surface area contributed by atoms with Crippen LogP contribution in [0.15, 0.2) is 73.1 Å². The van der Waals surface area contributed by atoms with Gasteiger partial charge in [-0.1, -0.05) is 18.2 Å². The van der Waals surface area contributed by atoms with Crippen molar-refractivity contribution in [3.8, 4) is 11.4 Å². The fourth-order valence-electron chi connectivity index (χ4n) is 3.23. The molecule has 0 aliphatic carbocycles. The number of nitrogens with one attached hydrogen (secondary N) is 1. The maximum absolute atomic E-state index is 13.7. The van der Waals surface area contributed by atoms with Gasteiger partial charge in [0.2, 0.25) is 0 Å². The summed E-state index contributed by atoms with van der Waals surface area (Å²) < 4.78 is 47.9. The Morgan fingerprint density at radius 2 is 1.71 bits per heavy atom. The summed E-state index contributed by atoms with van der Waals surface area (Å²) in [6, 6.07) is 16.2. The number of hydrogen-bond donors (Lipinski definition) is 1. The predicted octanol–water partition coefficient (Wildman–Crippen LogP) is 4.51. The Morgan fingerprint density at radius 1 is 1.00 bits per heavy atom. The second-order valence-corrected chi connectivity index (χ2v) is 7.02. The van der Waals surface area contributed by atoms with Gasteiger partial charge in [-0.15, -0.1) is 0 Å². The van der Waals surface area contributed by atoms with Crippen molar-refractivity contribution < 1.29 is 27.5 Å². The fourth-order valence-corrected chi connectivity index (χ4v) is 3.23. The van der Waals surface area contributed by atoms with E-state index in [2.05, 4.69) is 15.5 Å². The molecule has 0 spiro atoms. The molecule has 0 aliphatic heterocycles. The van der Waals surface area contributed by atoms with Crippen LogP contribution in [0.5, 0.6) is 0 Å². The maximum atomic E-state index is 13.7. The molecule has 4 rings (SSSR count). The summed E-state index contributed by atoms with van der Waals surface area (Å²) in [6.45, 7) is 1.42. The highest BCUT2D eigenvalue weighted by molar-refractivity contribution is 6.03. The Kier molecular flexibility index (Phi) is 6.17. The van der Waals surface area contributed by atoms with E-state index in [0.717, 1.165) is 11.9 Å². The van der Waals surface area contributed by atoms with Crippen molar-refractivity contribution in [2.75, 3.05) is 11.9 Å². The molecular formula is C23H18F3N5O3. The first-order valence-corrected chi connectivity index (χ1v) is 10.1. The number of anilines is 1. The van der Waals surface area contributed by atoms with Crippen LogP contribution in [0.2, 0.25) is 0 Å². The minimum absolute atomic E-state index is 0.0211. The molecule has 8 nitrogen and oxygen atoms in total. The zero-order valence-corrected chi connectivity index (χ0v) is 17.8. The smallest absolute Gasteiger partial charge is 0.434 e. The molecule has 2 heterocycles. The number of ether oxygens (including phenoxy) is 1. The molecule has 174 valence electrons. The molecule has 0 atom stereocenters. The summed E-state index contributed by atoms with van der Waals surface area (Å²) >= 11 is 0. The highest BCUT2D eigenvalue weighted by Crippen LogP contribution is 2.34. The molecule has 1 N–H and O–H groups in total. The molecule has 0 radical (unpaired) electrons. The van der Waals surface area contributed by atoms with Crippen LogP contribution in [0, 0.1) is 0 Å². The summed E-state index contributed by atoms with van der Waals surface area (Å²) in [6.07, 6.45) is -2.36. The monoisotopic (exact) mass is 469 g/mol. The number of benzene rings is 2. The largest absolute Gasteiger partial charge is 0.462 e. The van der Waals surface area contributed by atoms with Crippen molar-refractivity contribution in [1.29, 1.82) is 0 Å². The van der Waals surface area contributed by atoms with E-state index >= 15 is 0 Å². The number of amides is 1. The number of hydrogen-bond acceptors (Lipinski definition) is 5. The minimum atomic E-state index is -4.85. The third-order valence-corrected chi connectivity index (χ3v) is 4.76. The van der Waals surface area contributed by atoms with Gasteiger partial charge in [0, 0.05) is 17.8 Å². The number of aromatic nitrogens is 4. The summed E-state index contributed by atoms with van der Waals surface area (Å²) in [5.41, 5.74) is -0.911. The fraction of sp³-hybridized carbons (Fsp3) is 0.130. The van der Waals surface area contributed by atoms with E-state index in [4.69, 9.17) is 4.74 Å². The van der Waals surface area contributed by atoms with Crippen LogP contribution in [0.1, 0.15) is 33.3 Å². The average Bonchev–Trinajstić information content (AvgIpc) is 3.47. The van der Waals surface area contributed by atoms with Crippen LogP contribution in [0.4, 0.5) is 19.0 Å². The molecule has 11 heteroatoms. The van der Waals surface area contributed by atoms with Crippen molar-refractivity contribution >= 4 is 17.7 Å². The van der Waals surface area contributed by atoms with Crippen LogP contribution in [0.3, 0.4) is 0 Å². The molecule has 0 saturated heterocycles. The molecule has 4 aromatic rings. The highest BCUT2D eigenvalue weighted by atomic mass is 19.4.